The summed E-state index contributed by atoms with van der Waals surface area (Å²) in [6.45, 7) is -0.149. The van der Waals surface area contributed by atoms with E-state index in [2.05, 4.69) is 0 Å². The van der Waals surface area contributed by atoms with Gasteiger partial charge in [0.2, 0.25) is 0 Å². The number of non-ortho nitro benzene ring substituents is 1. The molecule has 1 aliphatic heterocycles. The van der Waals surface area contributed by atoms with Gasteiger partial charge >= 0.3 is 0 Å². The van der Waals surface area contributed by atoms with E-state index in [4.69, 9.17) is 0 Å². The van der Waals surface area contributed by atoms with Gasteiger partial charge in [-0.1, -0.05) is 0 Å². The Morgan fingerprint density at radius 3 is 2.67 bits per heavy atom. The summed E-state index contributed by atoms with van der Waals surface area (Å²) in [7, 11) is 0. The molecule has 98 valence electrons. The molecule has 1 aromatic carbocycles. The predicted octanol–water partition coefficient (Wildman–Crippen LogP) is 3.16. The molecule has 1 aliphatic rings. The number of nitro groups is 1. The summed E-state index contributed by atoms with van der Waals surface area (Å²) in [5.41, 5.74) is 0.429. The van der Waals surface area contributed by atoms with Gasteiger partial charge in [0, 0.05) is 35.7 Å². The van der Waals surface area contributed by atoms with Crippen LogP contribution < -0.4 is 4.90 Å². The van der Waals surface area contributed by atoms with Gasteiger partial charge in [-0.05, 0) is 12.3 Å². The minimum atomic E-state index is -2.70. The van der Waals surface area contributed by atoms with Gasteiger partial charge in [0.15, 0.2) is 0 Å². The Labute approximate surface area is 107 Å². The van der Waals surface area contributed by atoms with Crippen LogP contribution in [-0.4, -0.2) is 30.2 Å². The minimum absolute atomic E-state index is 0.0629. The molecule has 0 aliphatic carbocycles. The molecule has 4 nitrogen and oxygen atoms in total. The smallest absolute Gasteiger partial charge is 0.272 e. The fourth-order valence-electron chi connectivity index (χ4n) is 1.93. The van der Waals surface area contributed by atoms with Crippen molar-refractivity contribution in [2.24, 2.45) is 0 Å². The van der Waals surface area contributed by atoms with Crippen LogP contribution in [0.5, 0.6) is 0 Å². The summed E-state index contributed by atoms with van der Waals surface area (Å²) in [6.07, 6.45) is 1.59. The fraction of sp³-hybridized carbons (Fsp3) is 0.455. The summed E-state index contributed by atoms with van der Waals surface area (Å²) in [6, 6.07) is 4.50. The summed E-state index contributed by atoms with van der Waals surface area (Å²) in [5, 5.41) is 10.8. The number of benzene rings is 1. The van der Waals surface area contributed by atoms with Gasteiger partial charge in [0.25, 0.3) is 11.6 Å². The predicted molar refractivity (Wildman–Crippen MR) is 66.7 cm³/mol. The maximum Gasteiger partial charge on any atom is 0.272 e. The number of alkyl halides is 2. The van der Waals surface area contributed by atoms with Crippen LogP contribution >= 0.6 is 11.8 Å². The van der Waals surface area contributed by atoms with Crippen molar-refractivity contribution >= 4 is 23.1 Å². The van der Waals surface area contributed by atoms with Crippen LogP contribution in [0.2, 0.25) is 0 Å². The zero-order valence-electron chi connectivity index (χ0n) is 9.73. The number of rotatable bonds is 3. The van der Waals surface area contributed by atoms with E-state index in [-0.39, 0.29) is 25.2 Å². The number of thioether (sulfide) groups is 1. The van der Waals surface area contributed by atoms with Crippen molar-refractivity contribution in [3.63, 3.8) is 0 Å². The number of hydrogen-bond acceptors (Lipinski definition) is 4. The van der Waals surface area contributed by atoms with Gasteiger partial charge in [-0.2, -0.15) is 0 Å². The van der Waals surface area contributed by atoms with E-state index in [1.54, 1.807) is 12.3 Å². The fourth-order valence-corrected chi connectivity index (χ4v) is 2.41. The highest BCUT2D eigenvalue weighted by Gasteiger charge is 2.38. The third-order valence-electron chi connectivity index (χ3n) is 2.86. The average molecular weight is 274 g/mol. The van der Waals surface area contributed by atoms with Crippen molar-refractivity contribution in [2.45, 2.75) is 17.2 Å². The molecule has 1 heterocycles. The summed E-state index contributed by atoms with van der Waals surface area (Å²) in [4.78, 5) is 12.5. The van der Waals surface area contributed by atoms with Crippen molar-refractivity contribution in [1.29, 1.82) is 0 Å². The number of anilines is 1. The summed E-state index contributed by atoms with van der Waals surface area (Å²) < 4.78 is 26.3. The van der Waals surface area contributed by atoms with Gasteiger partial charge in [0.1, 0.15) is 0 Å². The van der Waals surface area contributed by atoms with E-state index in [1.165, 1.54) is 28.8 Å². The molecule has 0 saturated carbocycles. The first kappa shape index (κ1) is 13.1. The van der Waals surface area contributed by atoms with Gasteiger partial charge < -0.3 is 4.90 Å². The lowest BCUT2D eigenvalue weighted by atomic mass is 10.2. The zero-order chi connectivity index (χ0) is 13.3. The quantitative estimate of drug-likeness (QED) is 0.482. The Morgan fingerprint density at radius 2 is 2.17 bits per heavy atom. The lowest BCUT2D eigenvalue weighted by molar-refractivity contribution is -0.385. The minimum Gasteiger partial charge on any atom is -0.365 e. The Bertz CT molecular complexity index is 482. The highest BCUT2D eigenvalue weighted by Crippen LogP contribution is 2.34. The second kappa shape index (κ2) is 4.72. The highest BCUT2D eigenvalue weighted by molar-refractivity contribution is 7.98. The van der Waals surface area contributed by atoms with Crippen molar-refractivity contribution < 1.29 is 13.7 Å². The molecule has 7 heteroatoms. The molecule has 0 aromatic heterocycles. The van der Waals surface area contributed by atoms with Crippen molar-refractivity contribution in [3.05, 3.63) is 28.3 Å². The van der Waals surface area contributed by atoms with Gasteiger partial charge in [0.05, 0.1) is 11.5 Å². The SMILES string of the molecule is CSc1cc(N2CCC(F)(F)C2)cc([N+](=O)[O-])c1. The van der Waals surface area contributed by atoms with E-state index >= 15 is 0 Å². The van der Waals surface area contributed by atoms with Crippen LogP contribution in [0.15, 0.2) is 23.1 Å². The maximum atomic E-state index is 13.1. The third kappa shape index (κ3) is 2.72. The van der Waals surface area contributed by atoms with Crippen molar-refractivity contribution in [3.8, 4) is 0 Å². The average Bonchev–Trinajstić information content (AvgIpc) is 2.69. The molecule has 0 N–H and O–H groups in total. The molecule has 0 bridgehead atoms. The third-order valence-corrected chi connectivity index (χ3v) is 3.56. The molecule has 0 amide bonds. The van der Waals surface area contributed by atoms with Crippen molar-refractivity contribution in [2.75, 3.05) is 24.2 Å². The van der Waals surface area contributed by atoms with Gasteiger partial charge in [-0.15, -0.1) is 11.8 Å². The second-order valence-electron chi connectivity index (χ2n) is 4.17. The van der Waals surface area contributed by atoms with Crippen LogP contribution in [0.25, 0.3) is 0 Å². The number of nitrogens with zero attached hydrogens (tertiary/aromatic N) is 2. The lowest BCUT2D eigenvalue weighted by Gasteiger charge is -2.18. The van der Waals surface area contributed by atoms with E-state index < -0.39 is 10.8 Å². The molecule has 0 atom stereocenters. The molecule has 1 aromatic rings. The molecule has 1 saturated heterocycles. The first-order valence-electron chi connectivity index (χ1n) is 5.37. The summed E-state index contributed by atoms with van der Waals surface area (Å²) >= 11 is 1.35. The van der Waals surface area contributed by atoms with Crippen molar-refractivity contribution in [1.82, 2.24) is 0 Å². The Morgan fingerprint density at radius 1 is 1.44 bits per heavy atom. The van der Waals surface area contributed by atoms with Crippen LogP contribution in [0.1, 0.15) is 6.42 Å². The summed E-state index contributed by atoms with van der Waals surface area (Å²) in [5.74, 6) is -2.70. The van der Waals surface area contributed by atoms with Gasteiger partial charge in [-0.25, -0.2) is 8.78 Å². The van der Waals surface area contributed by atoms with Gasteiger partial charge in [-0.3, -0.25) is 10.1 Å². The van der Waals surface area contributed by atoms with Crippen LogP contribution in [0, 0.1) is 10.1 Å². The molecule has 18 heavy (non-hydrogen) atoms. The number of halogens is 2. The number of nitro benzene ring substituents is 1. The Balaban J connectivity index is 2.33. The van der Waals surface area contributed by atoms with E-state index in [9.17, 15) is 18.9 Å². The zero-order valence-corrected chi connectivity index (χ0v) is 10.5. The first-order valence-corrected chi connectivity index (χ1v) is 6.60. The van der Waals surface area contributed by atoms with Crippen LogP contribution in [-0.2, 0) is 0 Å². The van der Waals surface area contributed by atoms with E-state index in [0.717, 1.165) is 0 Å². The lowest BCUT2D eigenvalue weighted by Crippen LogP contribution is -2.24. The molecule has 2 rings (SSSR count). The first-order chi connectivity index (χ1) is 8.41. The number of hydrogen-bond donors (Lipinski definition) is 0. The monoisotopic (exact) mass is 274 g/mol. The molecular weight excluding hydrogens is 262 g/mol. The highest BCUT2D eigenvalue weighted by atomic mass is 32.2. The molecule has 1 fully saturated rings. The van der Waals surface area contributed by atoms with Crippen LogP contribution in [0.3, 0.4) is 0 Å². The Hall–Kier alpha value is -1.37. The van der Waals surface area contributed by atoms with Crippen LogP contribution in [0.4, 0.5) is 20.2 Å². The topological polar surface area (TPSA) is 46.4 Å². The van der Waals surface area contributed by atoms with E-state index in [0.29, 0.717) is 10.6 Å². The maximum absolute atomic E-state index is 13.1. The molecule has 0 unspecified atom stereocenters. The second-order valence-corrected chi connectivity index (χ2v) is 5.05. The standard InChI is InChI=1S/C11H12F2N2O2S/c1-18-10-5-8(4-9(6-10)15(16)17)14-3-2-11(12,13)7-14/h4-6H,2-3,7H2,1H3. The Kier molecular flexibility index (Phi) is 3.43. The molecule has 0 spiro atoms. The van der Waals surface area contributed by atoms with E-state index in [1.807, 2.05) is 0 Å². The largest absolute Gasteiger partial charge is 0.365 e. The molecule has 0 radical (unpaired) electrons. The normalized spacial score (nSPS) is 18.1. The molecular formula is C11H12F2N2O2S.